The zero-order valence-electron chi connectivity index (χ0n) is 12.8. The Balaban J connectivity index is 1.61. The van der Waals surface area contributed by atoms with Crippen LogP contribution in [-0.2, 0) is 4.74 Å². The Bertz CT molecular complexity index is 313. The van der Waals surface area contributed by atoms with Gasteiger partial charge in [-0.2, -0.15) is 0 Å². The Morgan fingerprint density at radius 2 is 1.74 bits per heavy atom. The van der Waals surface area contributed by atoms with E-state index in [1.54, 1.807) is 0 Å². The van der Waals surface area contributed by atoms with Crippen LogP contribution in [-0.4, -0.2) is 17.7 Å². The average molecular weight is 265 g/mol. The molecule has 1 atom stereocenters. The number of ether oxygens (including phenoxy) is 1. The second kappa shape index (κ2) is 5.04. The maximum Gasteiger partial charge on any atom is 0.0686 e. The average Bonchev–Trinajstić information content (AvgIpc) is 2.37. The van der Waals surface area contributed by atoms with Gasteiger partial charge in [-0.3, -0.25) is 0 Å². The van der Waals surface area contributed by atoms with E-state index in [9.17, 15) is 0 Å². The van der Waals surface area contributed by atoms with Crippen molar-refractivity contribution in [2.75, 3.05) is 6.61 Å². The van der Waals surface area contributed by atoms with Crippen molar-refractivity contribution in [2.45, 2.75) is 82.8 Å². The van der Waals surface area contributed by atoms with Crippen LogP contribution in [0.1, 0.15) is 71.6 Å². The van der Waals surface area contributed by atoms with Crippen LogP contribution in [0.25, 0.3) is 0 Å². The molecule has 2 heteroatoms. The molecule has 1 spiro atoms. The summed E-state index contributed by atoms with van der Waals surface area (Å²) < 4.78 is 6.07. The molecule has 110 valence electrons. The zero-order valence-corrected chi connectivity index (χ0v) is 12.8. The monoisotopic (exact) mass is 265 g/mol. The summed E-state index contributed by atoms with van der Waals surface area (Å²) in [7, 11) is 0. The number of nitrogens with two attached hydrogens (primary N) is 1. The summed E-state index contributed by atoms with van der Waals surface area (Å²) in [4.78, 5) is 0. The van der Waals surface area contributed by atoms with Gasteiger partial charge in [0, 0.05) is 12.1 Å². The molecule has 2 saturated carbocycles. The first-order chi connectivity index (χ1) is 9.03. The quantitative estimate of drug-likeness (QED) is 0.822. The summed E-state index contributed by atoms with van der Waals surface area (Å²) in [6.45, 7) is 5.69. The van der Waals surface area contributed by atoms with E-state index in [1.807, 2.05) is 0 Å². The first-order valence-electron chi connectivity index (χ1n) is 8.46. The van der Waals surface area contributed by atoms with Crippen LogP contribution >= 0.6 is 0 Å². The third-order valence-corrected chi connectivity index (χ3v) is 6.47. The van der Waals surface area contributed by atoms with Gasteiger partial charge < -0.3 is 10.5 Å². The van der Waals surface area contributed by atoms with Gasteiger partial charge in [-0.25, -0.2) is 0 Å². The van der Waals surface area contributed by atoms with E-state index in [-0.39, 0.29) is 11.1 Å². The van der Waals surface area contributed by atoms with Crippen LogP contribution in [0.15, 0.2) is 0 Å². The van der Waals surface area contributed by atoms with Gasteiger partial charge in [0.05, 0.1) is 5.60 Å². The minimum Gasteiger partial charge on any atom is -0.375 e. The number of hydrogen-bond acceptors (Lipinski definition) is 2. The first kappa shape index (κ1) is 13.9. The fraction of sp³-hybridized carbons (Fsp3) is 1.00. The molecular weight excluding hydrogens is 234 g/mol. The highest BCUT2D eigenvalue weighted by Crippen LogP contribution is 2.49. The molecule has 3 rings (SSSR count). The van der Waals surface area contributed by atoms with Gasteiger partial charge in [0.25, 0.3) is 0 Å². The lowest BCUT2D eigenvalue weighted by Crippen LogP contribution is -2.56. The standard InChI is InChI=1S/C17H31NO/c1-13(2)14-4-9-17(18,10-5-14)15-6-11-19-16(12-15)7-3-8-16/h13-15H,3-12,18H2,1-2H3. The van der Waals surface area contributed by atoms with E-state index < -0.39 is 0 Å². The Morgan fingerprint density at radius 3 is 2.26 bits per heavy atom. The predicted octanol–water partition coefficient (Wildman–Crippen LogP) is 3.88. The lowest BCUT2D eigenvalue weighted by molar-refractivity contribution is -0.154. The first-order valence-corrected chi connectivity index (χ1v) is 8.46. The molecule has 19 heavy (non-hydrogen) atoms. The molecule has 1 heterocycles. The molecule has 0 radical (unpaired) electrons. The Hall–Kier alpha value is -0.0800. The van der Waals surface area contributed by atoms with Gasteiger partial charge in [0.2, 0.25) is 0 Å². The van der Waals surface area contributed by atoms with Crippen LogP contribution < -0.4 is 5.73 Å². The van der Waals surface area contributed by atoms with Crippen molar-refractivity contribution in [1.29, 1.82) is 0 Å². The van der Waals surface area contributed by atoms with Crippen molar-refractivity contribution in [3.05, 3.63) is 0 Å². The maximum atomic E-state index is 6.84. The SMILES string of the molecule is CC(C)C1CCC(N)(C2CCOC3(CCC3)C2)CC1. The predicted molar refractivity (Wildman–Crippen MR) is 79.0 cm³/mol. The Labute approximate surface area is 118 Å². The zero-order chi connectivity index (χ0) is 13.5. The molecule has 2 aliphatic carbocycles. The summed E-state index contributed by atoms with van der Waals surface area (Å²) in [6.07, 6.45) is 11.6. The molecule has 3 aliphatic rings. The second-order valence-corrected chi connectivity index (χ2v) is 7.89. The van der Waals surface area contributed by atoms with Crippen molar-refractivity contribution in [3.8, 4) is 0 Å². The molecule has 2 nitrogen and oxygen atoms in total. The highest BCUT2D eigenvalue weighted by Gasteiger charge is 2.48. The minimum atomic E-state index is 0.123. The fourth-order valence-corrected chi connectivity index (χ4v) is 4.69. The lowest BCUT2D eigenvalue weighted by atomic mass is 9.61. The van der Waals surface area contributed by atoms with Crippen molar-refractivity contribution >= 4 is 0 Å². The van der Waals surface area contributed by atoms with Crippen LogP contribution in [0.4, 0.5) is 0 Å². The van der Waals surface area contributed by atoms with E-state index >= 15 is 0 Å². The van der Waals surface area contributed by atoms with Crippen LogP contribution in [0, 0.1) is 17.8 Å². The van der Waals surface area contributed by atoms with Gasteiger partial charge in [-0.15, -0.1) is 0 Å². The Morgan fingerprint density at radius 1 is 1.05 bits per heavy atom. The van der Waals surface area contributed by atoms with Gasteiger partial charge in [0.15, 0.2) is 0 Å². The van der Waals surface area contributed by atoms with Gasteiger partial charge in [-0.1, -0.05) is 13.8 Å². The van der Waals surface area contributed by atoms with Crippen molar-refractivity contribution in [3.63, 3.8) is 0 Å². The van der Waals surface area contributed by atoms with Crippen LogP contribution in [0.2, 0.25) is 0 Å². The highest BCUT2D eigenvalue weighted by atomic mass is 16.5. The molecular formula is C17H31NO. The molecule has 0 bridgehead atoms. The van der Waals surface area contributed by atoms with E-state index in [1.165, 1.54) is 57.8 Å². The number of rotatable bonds is 2. The molecule has 1 aliphatic heterocycles. The van der Waals surface area contributed by atoms with E-state index in [4.69, 9.17) is 10.5 Å². The van der Waals surface area contributed by atoms with Gasteiger partial charge in [-0.05, 0) is 75.5 Å². The molecule has 1 saturated heterocycles. The maximum absolute atomic E-state index is 6.84. The molecule has 0 amide bonds. The summed E-state index contributed by atoms with van der Waals surface area (Å²) in [5.41, 5.74) is 7.22. The van der Waals surface area contributed by atoms with E-state index in [0.717, 1.165) is 24.4 Å². The van der Waals surface area contributed by atoms with E-state index in [0.29, 0.717) is 0 Å². The summed E-state index contributed by atoms with van der Waals surface area (Å²) in [5.74, 6) is 2.46. The van der Waals surface area contributed by atoms with Crippen molar-refractivity contribution < 1.29 is 4.74 Å². The summed E-state index contributed by atoms with van der Waals surface area (Å²) >= 11 is 0. The van der Waals surface area contributed by atoms with Crippen molar-refractivity contribution in [2.24, 2.45) is 23.5 Å². The third kappa shape index (κ3) is 2.58. The normalized spacial score (nSPS) is 42.3. The van der Waals surface area contributed by atoms with Gasteiger partial charge >= 0.3 is 0 Å². The largest absolute Gasteiger partial charge is 0.375 e. The second-order valence-electron chi connectivity index (χ2n) is 7.89. The van der Waals surface area contributed by atoms with Crippen LogP contribution in [0.5, 0.6) is 0 Å². The number of hydrogen-bond donors (Lipinski definition) is 1. The Kier molecular flexibility index (Phi) is 3.68. The van der Waals surface area contributed by atoms with E-state index in [2.05, 4.69) is 13.8 Å². The topological polar surface area (TPSA) is 35.2 Å². The third-order valence-electron chi connectivity index (χ3n) is 6.47. The highest BCUT2D eigenvalue weighted by molar-refractivity contribution is 5.03. The summed E-state index contributed by atoms with van der Waals surface area (Å²) in [5, 5.41) is 0. The fourth-order valence-electron chi connectivity index (χ4n) is 4.69. The van der Waals surface area contributed by atoms with Crippen molar-refractivity contribution in [1.82, 2.24) is 0 Å². The van der Waals surface area contributed by atoms with Crippen LogP contribution in [0.3, 0.4) is 0 Å². The molecule has 3 fully saturated rings. The lowest BCUT2D eigenvalue weighted by Gasteiger charge is -2.53. The van der Waals surface area contributed by atoms with Gasteiger partial charge in [0.1, 0.15) is 0 Å². The molecule has 0 aromatic rings. The molecule has 2 N–H and O–H groups in total. The smallest absolute Gasteiger partial charge is 0.0686 e. The summed E-state index contributed by atoms with van der Waals surface area (Å²) in [6, 6.07) is 0. The molecule has 0 aromatic carbocycles. The molecule has 1 unspecified atom stereocenters. The molecule has 0 aromatic heterocycles. The minimum absolute atomic E-state index is 0.123.